The minimum atomic E-state index is -1.85. The summed E-state index contributed by atoms with van der Waals surface area (Å²) in [6, 6.07) is 6.57. The van der Waals surface area contributed by atoms with Crippen molar-refractivity contribution in [2.24, 2.45) is 0 Å². The van der Waals surface area contributed by atoms with Crippen LogP contribution in [0, 0.1) is 0 Å². The second-order valence-electron chi connectivity index (χ2n) is 6.19. The van der Waals surface area contributed by atoms with E-state index in [1.165, 1.54) is 0 Å². The Bertz CT molecular complexity index is 1320. The first-order chi connectivity index (χ1) is 12.9. The molecule has 0 radical (unpaired) electrons. The Kier molecular flexibility index (Phi) is 2.65. The lowest BCUT2D eigenvalue weighted by Crippen LogP contribution is -2.50. The van der Waals surface area contributed by atoms with E-state index in [0.717, 1.165) is 0 Å². The number of aromatic nitrogens is 4. The molecule has 2 aliphatic heterocycles. The highest BCUT2D eigenvalue weighted by Gasteiger charge is 2.57. The summed E-state index contributed by atoms with van der Waals surface area (Å²) in [4.78, 5) is 71.1. The molecule has 2 aliphatic rings. The van der Waals surface area contributed by atoms with Crippen LogP contribution in [0.3, 0.4) is 0 Å². The van der Waals surface area contributed by atoms with Gasteiger partial charge in [0, 0.05) is 11.3 Å². The number of carbonyl (C=O) groups is 1. The number of amides is 1. The fourth-order valence-electron chi connectivity index (χ4n) is 3.88. The van der Waals surface area contributed by atoms with Crippen molar-refractivity contribution in [3.8, 4) is 0 Å². The van der Waals surface area contributed by atoms with Gasteiger partial charge in [-0.1, -0.05) is 18.2 Å². The quantitative estimate of drug-likeness (QED) is 0.291. The van der Waals surface area contributed by atoms with Gasteiger partial charge in [-0.3, -0.25) is 34.3 Å². The minimum Gasteiger partial charge on any atom is -0.327 e. The molecule has 0 saturated heterocycles. The van der Waals surface area contributed by atoms with Gasteiger partial charge in [-0.2, -0.15) is 0 Å². The van der Waals surface area contributed by atoms with Crippen LogP contribution in [0.4, 0.5) is 17.3 Å². The van der Waals surface area contributed by atoms with E-state index in [4.69, 9.17) is 0 Å². The zero-order chi connectivity index (χ0) is 18.9. The lowest BCUT2D eigenvalue weighted by Gasteiger charge is -2.33. The van der Waals surface area contributed by atoms with Crippen molar-refractivity contribution in [1.82, 2.24) is 19.9 Å². The Morgan fingerprint density at radius 1 is 0.667 bits per heavy atom. The molecule has 6 N–H and O–H groups in total. The maximum absolute atomic E-state index is 13.2. The molecule has 27 heavy (non-hydrogen) atoms. The SMILES string of the molecule is O=C1Nc2ccccc2C12c1c([nH]c(=O)[nH]c1=O)Nc1[nH]c(=O)[nH]c(=O)c12. The average molecular weight is 366 g/mol. The number of hydrogen-bond acceptors (Lipinski definition) is 6. The molecule has 2 aromatic heterocycles. The first kappa shape index (κ1) is 15.1. The van der Waals surface area contributed by atoms with Crippen molar-refractivity contribution in [2.45, 2.75) is 5.41 Å². The van der Waals surface area contributed by atoms with Crippen LogP contribution in [0.2, 0.25) is 0 Å². The van der Waals surface area contributed by atoms with E-state index in [-0.39, 0.29) is 22.8 Å². The number of hydrogen-bond donors (Lipinski definition) is 6. The maximum atomic E-state index is 13.2. The molecular formula is C16H10N6O5. The third-order valence-corrected chi connectivity index (χ3v) is 4.81. The van der Waals surface area contributed by atoms with Crippen molar-refractivity contribution >= 4 is 23.2 Å². The van der Waals surface area contributed by atoms with E-state index in [1.54, 1.807) is 24.3 Å². The molecular weight excluding hydrogens is 356 g/mol. The third kappa shape index (κ3) is 1.72. The van der Waals surface area contributed by atoms with Crippen molar-refractivity contribution in [3.05, 3.63) is 82.6 Å². The molecule has 0 aliphatic carbocycles. The van der Waals surface area contributed by atoms with Crippen LogP contribution < -0.4 is 33.1 Å². The number of benzene rings is 1. The average Bonchev–Trinajstić information content (AvgIpc) is 2.86. The molecule has 11 nitrogen and oxygen atoms in total. The Morgan fingerprint density at radius 2 is 1.22 bits per heavy atom. The summed E-state index contributed by atoms with van der Waals surface area (Å²) in [7, 11) is 0. The zero-order valence-electron chi connectivity index (χ0n) is 13.4. The van der Waals surface area contributed by atoms with Gasteiger partial charge < -0.3 is 10.6 Å². The second-order valence-corrected chi connectivity index (χ2v) is 6.19. The molecule has 11 heteroatoms. The molecule has 1 amide bonds. The molecule has 3 aromatic rings. The molecule has 5 rings (SSSR count). The van der Waals surface area contributed by atoms with Gasteiger partial charge in [0.15, 0.2) is 0 Å². The van der Waals surface area contributed by atoms with E-state index >= 15 is 0 Å². The molecule has 4 heterocycles. The Hall–Kier alpha value is -4.15. The lowest BCUT2D eigenvalue weighted by molar-refractivity contribution is -0.118. The Balaban J connectivity index is 2.07. The zero-order valence-corrected chi connectivity index (χ0v) is 13.4. The summed E-state index contributed by atoms with van der Waals surface area (Å²) in [5, 5.41) is 5.34. The van der Waals surface area contributed by atoms with Crippen LogP contribution in [0.5, 0.6) is 0 Å². The number of H-pyrrole nitrogens is 4. The van der Waals surface area contributed by atoms with Crippen LogP contribution in [-0.2, 0) is 10.2 Å². The van der Waals surface area contributed by atoms with E-state index in [9.17, 15) is 24.0 Å². The molecule has 0 unspecified atom stereocenters. The molecule has 0 fully saturated rings. The number of nitrogens with one attached hydrogen (secondary N) is 6. The summed E-state index contributed by atoms with van der Waals surface area (Å²) >= 11 is 0. The van der Waals surface area contributed by atoms with Crippen LogP contribution in [0.25, 0.3) is 0 Å². The summed E-state index contributed by atoms with van der Waals surface area (Å²) < 4.78 is 0. The van der Waals surface area contributed by atoms with Crippen LogP contribution in [0.15, 0.2) is 43.4 Å². The van der Waals surface area contributed by atoms with Crippen molar-refractivity contribution < 1.29 is 4.79 Å². The number of rotatable bonds is 0. The van der Waals surface area contributed by atoms with Crippen LogP contribution in [-0.4, -0.2) is 25.8 Å². The first-order valence-corrected chi connectivity index (χ1v) is 7.85. The first-order valence-electron chi connectivity index (χ1n) is 7.85. The molecule has 1 aromatic carbocycles. The van der Waals surface area contributed by atoms with Crippen LogP contribution in [0.1, 0.15) is 16.7 Å². The van der Waals surface area contributed by atoms with Gasteiger partial charge in [-0.05, 0) is 6.07 Å². The van der Waals surface area contributed by atoms with E-state index < -0.39 is 33.8 Å². The van der Waals surface area contributed by atoms with Gasteiger partial charge in [-0.15, -0.1) is 0 Å². The number of anilines is 3. The molecule has 1 spiro atoms. The number of aromatic amines is 4. The highest BCUT2D eigenvalue weighted by Crippen LogP contribution is 2.50. The molecule has 0 saturated carbocycles. The van der Waals surface area contributed by atoms with Gasteiger partial charge in [0.2, 0.25) is 5.91 Å². The topological polar surface area (TPSA) is 173 Å². The van der Waals surface area contributed by atoms with Gasteiger partial charge in [0.05, 0.1) is 11.1 Å². The normalized spacial score (nSPS) is 15.5. The molecule has 134 valence electrons. The van der Waals surface area contributed by atoms with Gasteiger partial charge in [-0.25, -0.2) is 9.59 Å². The second kappa shape index (κ2) is 4.72. The van der Waals surface area contributed by atoms with E-state index in [2.05, 4.69) is 30.6 Å². The monoisotopic (exact) mass is 366 g/mol. The molecule has 0 atom stereocenters. The van der Waals surface area contributed by atoms with Crippen molar-refractivity contribution in [1.29, 1.82) is 0 Å². The highest BCUT2D eigenvalue weighted by atomic mass is 16.2. The fraction of sp³-hybridized carbons (Fsp3) is 0.0625. The maximum Gasteiger partial charge on any atom is 0.327 e. The Morgan fingerprint density at radius 3 is 1.81 bits per heavy atom. The summed E-state index contributed by atoms with van der Waals surface area (Å²) in [5.41, 5.74) is -4.63. The Labute approximate surface area is 147 Å². The number of para-hydroxylation sites is 1. The predicted octanol–water partition coefficient (Wildman–Crippen LogP) is -1.22. The summed E-state index contributed by atoms with van der Waals surface area (Å²) in [6.07, 6.45) is 0. The fourth-order valence-corrected chi connectivity index (χ4v) is 3.88. The number of fused-ring (bicyclic) bond motifs is 6. The van der Waals surface area contributed by atoms with Gasteiger partial charge in [0.1, 0.15) is 17.1 Å². The van der Waals surface area contributed by atoms with Gasteiger partial charge in [0.25, 0.3) is 11.1 Å². The molecule has 0 bridgehead atoms. The van der Waals surface area contributed by atoms with E-state index in [1.807, 2.05) is 0 Å². The van der Waals surface area contributed by atoms with Crippen molar-refractivity contribution in [3.63, 3.8) is 0 Å². The third-order valence-electron chi connectivity index (χ3n) is 4.81. The van der Waals surface area contributed by atoms with Crippen LogP contribution >= 0.6 is 0 Å². The smallest absolute Gasteiger partial charge is 0.327 e. The summed E-state index contributed by atoms with van der Waals surface area (Å²) in [5.74, 6) is -0.809. The standard InChI is InChI=1S/C16H10N6O5/c23-11-7-9(19-14(26)21-11)18-10-8(12(24)22-15(27)20-10)16(7)5-3-1-2-4-6(5)17-13(16)25/h1-4H,(H,17,25)(H5,18,19,20,21,22,23,24,26,27). The highest BCUT2D eigenvalue weighted by molar-refractivity contribution is 6.13. The summed E-state index contributed by atoms with van der Waals surface area (Å²) in [6.45, 7) is 0. The lowest BCUT2D eigenvalue weighted by atomic mass is 9.69. The van der Waals surface area contributed by atoms with Gasteiger partial charge >= 0.3 is 11.4 Å². The predicted molar refractivity (Wildman–Crippen MR) is 93.6 cm³/mol. The van der Waals surface area contributed by atoms with E-state index in [0.29, 0.717) is 11.3 Å². The largest absolute Gasteiger partial charge is 0.327 e. The number of carbonyl (C=O) groups excluding carboxylic acids is 1. The van der Waals surface area contributed by atoms with Crippen molar-refractivity contribution in [2.75, 3.05) is 10.6 Å². The minimum absolute atomic E-state index is 0.0793.